The van der Waals surface area contributed by atoms with Gasteiger partial charge in [-0.05, 0) is 37.6 Å². The van der Waals surface area contributed by atoms with Crippen molar-refractivity contribution >= 4 is 46.0 Å². The molecule has 6 nitrogen and oxygen atoms in total. The summed E-state index contributed by atoms with van der Waals surface area (Å²) in [4.78, 5) is 35.9. The number of amides is 2. The van der Waals surface area contributed by atoms with Gasteiger partial charge in [0.15, 0.2) is 5.17 Å². The lowest BCUT2D eigenvalue weighted by molar-refractivity contribution is -0.124. The maximum Gasteiger partial charge on any atom is 0.258 e. The molecular formula is C21H18F2N4O2S. The number of aliphatic imine (C=N–C) groups is 2. The first kappa shape index (κ1) is 20.2. The van der Waals surface area contributed by atoms with Crippen molar-refractivity contribution in [2.45, 2.75) is 31.6 Å². The average molecular weight is 428 g/mol. The molecule has 2 atom stereocenters. The van der Waals surface area contributed by atoms with Gasteiger partial charge in [0.05, 0.1) is 16.6 Å². The summed E-state index contributed by atoms with van der Waals surface area (Å²) in [6.45, 7) is 3.50. The van der Waals surface area contributed by atoms with Crippen molar-refractivity contribution in [2.24, 2.45) is 9.98 Å². The van der Waals surface area contributed by atoms with E-state index in [2.05, 4.69) is 15.3 Å². The van der Waals surface area contributed by atoms with Crippen LogP contribution in [0.2, 0.25) is 0 Å². The number of hydrogen-bond acceptors (Lipinski definition) is 5. The Kier molecular flexibility index (Phi) is 5.38. The summed E-state index contributed by atoms with van der Waals surface area (Å²) in [5.41, 5.74) is 1.17. The summed E-state index contributed by atoms with van der Waals surface area (Å²) in [7, 11) is 0. The molecule has 0 aromatic heterocycles. The van der Waals surface area contributed by atoms with Crippen LogP contribution in [0.4, 0.5) is 20.2 Å². The molecule has 154 valence electrons. The highest BCUT2D eigenvalue weighted by atomic mass is 32.2. The fourth-order valence-electron chi connectivity index (χ4n) is 3.21. The third-order valence-electron chi connectivity index (χ3n) is 4.76. The molecule has 2 aromatic carbocycles. The van der Waals surface area contributed by atoms with E-state index in [0.717, 1.165) is 35.5 Å². The van der Waals surface area contributed by atoms with Crippen LogP contribution in [0.3, 0.4) is 0 Å². The number of carbonyl (C=O) groups is 2. The standard InChI is InChI=1S/C21H18F2N4O2S/c1-3-17(19(28)25-16-10-12(22)8-9-14(16)23)30-21-26-15-7-5-4-6-13(15)18-24-11(2)20(29)27(18)21/h4-11,17H,3H2,1-2H3,(H,25,28)/t11-,17+/m0/s1. The number of hydrogen-bond donors (Lipinski definition) is 1. The molecule has 0 aliphatic carbocycles. The highest BCUT2D eigenvalue weighted by Crippen LogP contribution is 2.35. The van der Waals surface area contributed by atoms with Crippen LogP contribution in [-0.2, 0) is 9.59 Å². The van der Waals surface area contributed by atoms with E-state index in [-0.39, 0.29) is 11.6 Å². The van der Waals surface area contributed by atoms with E-state index >= 15 is 0 Å². The molecule has 30 heavy (non-hydrogen) atoms. The third kappa shape index (κ3) is 3.60. The zero-order valence-electron chi connectivity index (χ0n) is 16.2. The van der Waals surface area contributed by atoms with Gasteiger partial charge < -0.3 is 5.32 Å². The molecule has 2 aromatic rings. The topological polar surface area (TPSA) is 74.1 Å². The second kappa shape index (κ2) is 7.98. The number of benzene rings is 2. The molecule has 2 amide bonds. The lowest BCUT2D eigenvalue weighted by Gasteiger charge is -2.27. The molecule has 2 aliphatic rings. The van der Waals surface area contributed by atoms with E-state index < -0.39 is 28.8 Å². The molecule has 1 N–H and O–H groups in total. The fraction of sp³-hybridized carbons (Fsp3) is 0.238. The first-order chi connectivity index (χ1) is 14.4. The van der Waals surface area contributed by atoms with E-state index in [9.17, 15) is 18.4 Å². The summed E-state index contributed by atoms with van der Waals surface area (Å²) < 4.78 is 27.3. The minimum absolute atomic E-state index is 0.225. The van der Waals surface area contributed by atoms with Gasteiger partial charge in [0.2, 0.25) is 5.91 Å². The van der Waals surface area contributed by atoms with Gasteiger partial charge in [-0.15, -0.1) is 0 Å². The van der Waals surface area contributed by atoms with E-state index in [1.165, 1.54) is 4.90 Å². The molecule has 0 fully saturated rings. The molecule has 0 radical (unpaired) electrons. The number of halogens is 2. The number of thioether (sulfide) groups is 1. The second-order valence-electron chi connectivity index (χ2n) is 6.84. The van der Waals surface area contributed by atoms with E-state index in [1.807, 2.05) is 24.3 Å². The summed E-state index contributed by atoms with van der Waals surface area (Å²) in [5, 5.41) is 2.08. The van der Waals surface area contributed by atoms with Crippen molar-refractivity contribution in [2.75, 3.05) is 5.32 Å². The Bertz CT molecular complexity index is 1100. The van der Waals surface area contributed by atoms with Gasteiger partial charge in [-0.25, -0.2) is 18.7 Å². The number of carbonyl (C=O) groups excluding carboxylic acids is 2. The smallest absolute Gasteiger partial charge is 0.258 e. The highest BCUT2D eigenvalue weighted by molar-refractivity contribution is 8.15. The lowest BCUT2D eigenvalue weighted by atomic mass is 10.1. The van der Waals surface area contributed by atoms with Crippen LogP contribution in [0.5, 0.6) is 0 Å². The zero-order valence-corrected chi connectivity index (χ0v) is 17.0. The molecule has 0 unspecified atom stereocenters. The lowest BCUT2D eigenvalue weighted by Crippen LogP contribution is -2.42. The minimum Gasteiger partial charge on any atom is -0.323 e. The quantitative estimate of drug-likeness (QED) is 0.797. The Balaban J connectivity index is 1.62. The second-order valence-corrected chi connectivity index (χ2v) is 8.01. The SMILES string of the molecule is CC[C@@H](SC1=Nc2ccccc2C2=N[C@@H](C)C(=O)N12)C(=O)Nc1cc(F)ccc1F. The van der Waals surface area contributed by atoms with Gasteiger partial charge in [-0.2, -0.15) is 0 Å². The van der Waals surface area contributed by atoms with E-state index in [1.54, 1.807) is 13.8 Å². The summed E-state index contributed by atoms with van der Waals surface area (Å²) in [5.74, 6) is -1.61. The molecule has 2 aliphatic heterocycles. The number of anilines is 1. The van der Waals surface area contributed by atoms with Gasteiger partial charge in [-0.3, -0.25) is 14.6 Å². The van der Waals surface area contributed by atoms with Crippen molar-refractivity contribution in [1.82, 2.24) is 4.90 Å². The molecule has 2 heterocycles. The molecule has 0 bridgehead atoms. The molecule has 4 rings (SSSR count). The zero-order chi connectivity index (χ0) is 21.4. The van der Waals surface area contributed by atoms with Crippen molar-refractivity contribution < 1.29 is 18.4 Å². The van der Waals surface area contributed by atoms with Gasteiger partial charge in [0.25, 0.3) is 5.91 Å². The van der Waals surface area contributed by atoms with Gasteiger partial charge in [0.1, 0.15) is 23.5 Å². The number of amidine groups is 2. The normalized spacial score (nSPS) is 18.3. The Labute approximate surface area is 176 Å². The Morgan fingerprint density at radius 3 is 2.80 bits per heavy atom. The van der Waals surface area contributed by atoms with Crippen LogP contribution in [0, 0.1) is 11.6 Å². The Hall–Kier alpha value is -3.07. The van der Waals surface area contributed by atoms with Crippen molar-refractivity contribution in [1.29, 1.82) is 0 Å². The van der Waals surface area contributed by atoms with Crippen LogP contribution >= 0.6 is 11.8 Å². The molecule has 9 heteroatoms. The summed E-state index contributed by atoms with van der Waals surface area (Å²) in [6, 6.07) is 9.64. The first-order valence-electron chi connectivity index (χ1n) is 9.41. The Morgan fingerprint density at radius 1 is 1.27 bits per heavy atom. The van der Waals surface area contributed by atoms with Gasteiger partial charge >= 0.3 is 0 Å². The fourth-order valence-corrected chi connectivity index (χ4v) is 4.23. The molecule has 0 spiro atoms. The highest BCUT2D eigenvalue weighted by Gasteiger charge is 2.40. The number of rotatable bonds is 4. The number of nitrogens with zero attached hydrogens (tertiary/aromatic N) is 3. The van der Waals surface area contributed by atoms with Crippen LogP contribution in [-0.4, -0.2) is 39.0 Å². The molecule has 0 saturated carbocycles. The predicted molar refractivity (Wildman–Crippen MR) is 113 cm³/mol. The first-order valence-corrected chi connectivity index (χ1v) is 10.3. The predicted octanol–water partition coefficient (Wildman–Crippen LogP) is 4.09. The number of para-hydroxylation sites is 1. The van der Waals surface area contributed by atoms with Gasteiger partial charge in [0, 0.05) is 11.6 Å². The Morgan fingerprint density at radius 2 is 2.03 bits per heavy atom. The largest absolute Gasteiger partial charge is 0.323 e. The molecule has 0 saturated heterocycles. The minimum atomic E-state index is -0.730. The van der Waals surface area contributed by atoms with E-state index in [4.69, 9.17) is 0 Å². The maximum absolute atomic E-state index is 13.9. The van der Waals surface area contributed by atoms with Crippen LogP contribution in [0.15, 0.2) is 52.4 Å². The van der Waals surface area contributed by atoms with Crippen molar-refractivity contribution in [3.05, 3.63) is 59.7 Å². The van der Waals surface area contributed by atoms with Crippen molar-refractivity contribution in [3.8, 4) is 0 Å². The summed E-state index contributed by atoms with van der Waals surface area (Å²) in [6.07, 6.45) is 0.387. The average Bonchev–Trinajstić information content (AvgIpc) is 3.03. The number of nitrogens with one attached hydrogen (secondary N) is 1. The van der Waals surface area contributed by atoms with Crippen molar-refractivity contribution in [3.63, 3.8) is 0 Å². The van der Waals surface area contributed by atoms with Crippen LogP contribution in [0.1, 0.15) is 25.8 Å². The maximum atomic E-state index is 13.9. The summed E-state index contributed by atoms with van der Waals surface area (Å²) >= 11 is 1.09. The molecular weight excluding hydrogens is 410 g/mol. The monoisotopic (exact) mass is 428 g/mol. The van der Waals surface area contributed by atoms with E-state index in [0.29, 0.717) is 23.1 Å². The number of fused-ring (bicyclic) bond motifs is 3. The van der Waals surface area contributed by atoms with Crippen LogP contribution < -0.4 is 5.32 Å². The van der Waals surface area contributed by atoms with Gasteiger partial charge in [-0.1, -0.05) is 30.8 Å². The van der Waals surface area contributed by atoms with Crippen LogP contribution in [0.25, 0.3) is 0 Å². The third-order valence-corrected chi connectivity index (χ3v) is 6.07.